The van der Waals surface area contributed by atoms with Crippen LogP contribution in [0.5, 0.6) is 0 Å². The molecule has 0 atom stereocenters. The summed E-state index contributed by atoms with van der Waals surface area (Å²) in [6.45, 7) is 0. The van der Waals surface area contributed by atoms with Crippen LogP contribution < -0.4 is 11.4 Å². The third-order valence-electron chi connectivity index (χ3n) is 5.61. The van der Waals surface area contributed by atoms with Gasteiger partial charge in [0.15, 0.2) is 5.78 Å². The third kappa shape index (κ3) is 1.65. The lowest BCUT2D eigenvalue weighted by Crippen LogP contribution is -2.50. The predicted molar refractivity (Wildman–Crippen MR) is 74.2 cm³/mol. The number of aromatic nitrogens is 2. The minimum absolute atomic E-state index is 0.109. The van der Waals surface area contributed by atoms with Gasteiger partial charge in [-0.1, -0.05) is 0 Å². The summed E-state index contributed by atoms with van der Waals surface area (Å²) >= 11 is 0. The number of hydrogen-bond donors (Lipinski definition) is 2. The van der Waals surface area contributed by atoms with Gasteiger partial charge in [0, 0.05) is 11.6 Å². The largest absolute Gasteiger partial charge is 0.384 e. The van der Waals surface area contributed by atoms with E-state index in [1.54, 1.807) is 0 Å². The van der Waals surface area contributed by atoms with Crippen molar-refractivity contribution in [2.75, 3.05) is 5.73 Å². The number of hydrogen-bond acceptors (Lipinski definition) is 4. The van der Waals surface area contributed by atoms with Crippen molar-refractivity contribution in [3.8, 4) is 0 Å². The molecule has 5 nitrogen and oxygen atoms in total. The van der Waals surface area contributed by atoms with Crippen LogP contribution in [0.15, 0.2) is 11.0 Å². The van der Waals surface area contributed by atoms with Crippen LogP contribution in [-0.2, 0) is 0 Å². The smallest absolute Gasteiger partial charge is 0.346 e. The molecule has 0 spiro atoms. The van der Waals surface area contributed by atoms with Gasteiger partial charge >= 0.3 is 5.69 Å². The SMILES string of the molecule is Nc1[nH]c(=O)ncc1C(=O)C12CC3CC(CC(C3)C1)C2. The maximum Gasteiger partial charge on any atom is 0.346 e. The van der Waals surface area contributed by atoms with E-state index in [1.807, 2.05) is 0 Å². The lowest BCUT2D eigenvalue weighted by molar-refractivity contribution is -0.0352. The number of nitrogens with zero attached hydrogens (tertiary/aromatic N) is 1. The zero-order chi connectivity index (χ0) is 13.9. The summed E-state index contributed by atoms with van der Waals surface area (Å²) in [5.41, 5.74) is 5.50. The molecule has 5 heteroatoms. The molecule has 1 heterocycles. The summed E-state index contributed by atoms with van der Waals surface area (Å²) in [7, 11) is 0. The number of H-pyrrole nitrogens is 1. The minimum Gasteiger partial charge on any atom is -0.384 e. The zero-order valence-electron chi connectivity index (χ0n) is 11.4. The van der Waals surface area contributed by atoms with E-state index in [2.05, 4.69) is 9.97 Å². The van der Waals surface area contributed by atoms with E-state index in [4.69, 9.17) is 5.73 Å². The first kappa shape index (κ1) is 12.1. The summed E-state index contributed by atoms with van der Waals surface area (Å²) in [6.07, 6.45) is 8.24. The molecule has 3 N–H and O–H groups in total. The number of rotatable bonds is 2. The number of anilines is 1. The van der Waals surface area contributed by atoms with Crippen LogP contribution >= 0.6 is 0 Å². The van der Waals surface area contributed by atoms with Gasteiger partial charge in [0.2, 0.25) is 0 Å². The fourth-order valence-corrected chi connectivity index (χ4v) is 5.26. The Morgan fingerprint density at radius 1 is 1.20 bits per heavy atom. The highest BCUT2D eigenvalue weighted by atomic mass is 16.1. The maximum atomic E-state index is 13.0. The lowest BCUT2D eigenvalue weighted by atomic mass is 9.48. The topological polar surface area (TPSA) is 88.8 Å². The molecule has 0 unspecified atom stereocenters. The molecule has 5 rings (SSSR count). The molecule has 0 saturated heterocycles. The Morgan fingerprint density at radius 2 is 1.75 bits per heavy atom. The molecule has 4 fully saturated rings. The van der Waals surface area contributed by atoms with Crippen molar-refractivity contribution >= 4 is 11.6 Å². The Balaban J connectivity index is 1.73. The summed E-state index contributed by atoms with van der Waals surface area (Å²) in [6, 6.07) is 0. The maximum absolute atomic E-state index is 13.0. The van der Waals surface area contributed by atoms with Gasteiger partial charge < -0.3 is 5.73 Å². The van der Waals surface area contributed by atoms with Crippen LogP contribution in [-0.4, -0.2) is 15.8 Å². The molecule has 4 aliphatic rings. The molecule has 20 heavy (non-hydrogen) atoms. The van der Waals surface area contributed by atoms with E-state index in [1.165, 1.54) is 25.5 Å². The average Bonchev–Trinajstić information content (AvgIpc) is 2.36. The van der Waals surface area contributed by atoms with Gasteiger partial charge in [-0.3, -0.25) is 9.78 Å². The highest BCUT2D eigenvalue weighted by molar-refractivity contribution is 6.03. The van der Waals surface area contributed by atoms with E-state index < -0.39 is 5.69 Å². The number of carbonyl (C=O) groups is 1. The van der Waals surface area contributed by atoms with Gasteiger partial charge in [0.1, 0.15) is 5.82 Å². The molecule has 1 aromatic rings. The fourth-order valence-electron chi connectivity index (χ4n) is 5.26. The molecule has 4 saturated carbocycles. The van der Waals surface area contributed by atoms with E-state index in [0.717, 1.165) is 19.3 Å². The van der Waals surface area contributed by atoms with Gasteiger partial charge in [0.05, 0.1) is 5.56 Å². The van der Waals surface area contributed by atoms with Crippen molar-refractivity contribution in [2.45, 2.75) is 38.5 Å². The number of nitrogen functional groups attached to an aromatic ring is 1. The standard InChI is InChI=1S/C15H19N3O2/c16-13-11(7-17-14(20)18-13)12(19)15-4-8-1-9(5-15)3-10(2-8)6-15/h7-10H,1-6H2,(H3,16,17,18,20). The number of Topliss-reactive ketones (excluding diaryl/α,β-unsaturated/α-hetero) is 1. The molecule has 4 aliphatic carbocycles. The predicted octanol–water partition coefficient (Wildman–Crippen LogP) is 1.75. The first-order valence-corrected chi connectivity index (χ1v) is 7.45. The Labute approximate surface area is 117 Å². The van der Waals surface area contributed by atoms with Crippen LogP contribution in [0.1, 0.15) is 48.9 Å². The number of nitrogens with one attached hydrogen (secondary N) is 1. The normalized spacial score (nSPS) is 38.1. The van der Waals surface area contributed by atoms with Crippen molar-refractivity contribution in [1.29, 1.82) is 0 Å². The monoisotopic (exact) mass is 273 g/mol. The van der Waals surface area contributed by atoms with Gasteiger partial charge in [-0.05, 0) is 56.3 Å². The molecular weight excluding hydrogens is 254 g/mol. The molecule has 0 aromatic carbocycles. The Bertz CT molecular complexity index is 599. The van der Waals surface area contributed by atoms with Crippen molar-refractivity contribution in [2.24, 2.45) is 23.2 Å². The summed E-state index contributed by atoms with van der Waals surface area (Å²) in [5.74, 6) is 2.41. The number of carbonyl (C=O) groups excluding carboxylic acids is 1. The Hall–Kier alpha value is -1.65. The van der Waals surface area contributed by atoms with Crippen LogP contribution in [0.3, 0.4) is 0 Å². The fraction of sp³-hybridized carbons (Fsp3) is 0.667. The van der Waals surface area contributed by atoms with Gasteiger partial charge in [-0.15, -0.1) is 0 Å². The minimum atomic E-state index is -0.496. The first-order chi connectivity index (χ1) is 9.56. The van der Waals surface area contributed by atoms with E-state index in [-0.39, 0.29) is 17.0 Å². The summed E-state index contributed by atoms with van der Waals surface area (Å²) in [4.78, 5) is 30.3. The van der Waals surface area contributed by atoms with E-state index in [0.29, 0.717) is 23.3 Å². The van der Waals surface area contributed by atoms with Crippen LogP contribution in [0.4, 0.5) is 5.82 Å². The molecule has 1 aromatic heterocycles. The highest BCUT2D eigenvalue weighted by Crippen LogP contribution is 2.61. The number of aromatic amines is 1. The second-order valence-electron chi connectivity index (χ2n) is 7.04. The molecule has 4 bridgehead atoms. The quantitative estimate of drug-likeness (QED) is 0.803. The molecule has 0 amide bonds. The van der Waals surface area contributed by atoms with Crippen molar-refractivity contribution < 1.29 is 4.79 Å². The molecule has 106 valence electrons. The van der Waals surface area contributed by atoms with Crippen molar-refractivity contribution in [1.82, 2.24) is 9.97 Å². The average molecular weight is 273 g/mol. The molecular formula is C15H19N3O2. The van der Waals surface area contributed by atoms with Gasteiger partial charge in [-0.25, -0.2) is 9.78 Å². The first-order valence-electron chi connectivity index (χ1n) is 7.45. The number of nitrogens with two attached hydrogens (primary N) is 1. The van der Waals surface area contributed by atoms with E-state index in [9.17, 15) is 9.59 Å². The Morgan fingerprint density at radius 3 is 2.25 bits per heavy atom. The molecule has 0 radical (unpaired) electrons. The highest BCUT2D eigenvalue weighted by Gasteiger charge is 2.54. The van der Waals surface area contributed by atoms with Crippen LogP contribution in [0.2, 0.25) is 0 Å². The van der Waals surface area contributed by atoms with Crippen molar-refractivity contribution in [3.05, 3.63) is 22.2 Å². The number of ketones is 1. The molecule has 0 aliphatic heterocycles. The van der Waals surface area contributed by atoms with Crippen molar-refractivity contribution in [3.63, 3.8) is 0 Å². The Kier molecular flexibility index (Phi) is 2.38. The van der Waals surface area contributed by atoms with Gasteiger partial charge in [-0.2, -0.15) is 0 Å². The van der Waals surface area contributed by atoms with Crippen LogP contribution in [0.25, 0.3) is 0 Å². The third-order valence-corrected chi connectivity index (χ3v) is 5.61. The van der Waals surface area contributed by atoms with Gasteiger partial charge in [0.25, 0.3) is 0 Å². The second-order valence-corrected chi connectivity index (χ2v) is 7.04. The zero-order valence-corrected chi connectivity index (χ0v) is 11.4. The van der Waals surface area contributed by atoms with Crippen LogP contribution in [0, 0.1) is 23.2 Å². The van der Waals surface area contributed by atoms with E-state index >= 15 is 0 Å². The summed E-state index contributed by atoms with van der Waals surface area (Å²) in [5, 5.41) is 0. The second kappa shape index (κ2) is 3.93. The summed E-state index contributed by atoms with van der Waals surface area (Å²) < 4.78 is 0. The lowest BCUT2D eigenvalue weighted by Gasteiger charge is -2.55.